The Balaban J connectivity index is 1.65. The van der Waals surface area contributed by atoms with Gasteiger partial charge in [-0.15, -0.1) is 0 Å². The average molecular weight is 364 g/mol. The van der Waals surface area contributed by atoms with Crippen molar-refractivity contribution in [3.05, 3.63) is 34.9 Å². The van der Waals surface area contributed by atoms with Gasteiger partial charge in [0.1, 0.15) is 0 Å². The third kappa shape index (κ3) is 5.19. The molecule has 136 valence electrons. The Hall–Kier alpha value is -1.59. The molecule has 5 nitrogen and oxygen atoms in total. The Morgan fingerprint density at radius 3 is 2.72 bits per heavy atom. The monoisotopic (exact) mass is 363 g/mol. The maximum atomic E-state index is 11.8. The summed E-state index contributed by atoms with van der Waals surface area (Å²) in [6.07, 6.45) is 6.98. The van der Waals surface area contributed by atoms with Gasteiger partial charge in [0.2, 0.25) is 5.91 Å². The highest BCUT2D eigenvalue weighted by atomic mass is 35.5. The largest absolute Gasteiger partial charge is 0.334 e. The average Bonchev–Trinajstić information content (AvgIpc) is 3.07. The fraction of sp³-hybridized carbons (Fsp3) is 0.579. The molecule has 1 saturated carbocycles. The van der Waals surface area contributed by atoms with Crippen LogP contribution < -0.4 is 16.0 Å². The molecule has 1 heterocycles. The molecule has 25 heavy (non-hydrogen) atoms. The minimum absolute atomic E-state index is 0.0242. The number of amides is 3. The molecule has 2 fully saturated rings. The van der Waals surface area contributed by atoms with Gasteiger partial charge < -0.3 is 10.6 Å². The first-order valence-corrected chi connectivity index (χ1v) is 9.59. The molecule has 1 aliphatic carbocycles. The number of hydrogen-bond donors (Lipinski definition) is 3. The number of benzene rings is 1. The highest BCUT2D eigenvalue weighted by Gasteiger charge is 2.27. The van der Waals surface area contributed by atoms with E-state index >= 15 is 0 Å². The van der Waals surface area contributed by atoms with Crippen molar-refractivity contribution in [1.82, 2.24) is 16.0 Å². The van der Waals surface area contributed by atoms with Gasteiger partial charge in [-0.25, -0.2) is 4.79 Å². The van der Waals surface area contributed by atoms with Crippen molar-refractivity contribution in [2.45, 2.75) is 57.0 Å². The Labute approximate surface area is 153 Å². The molecule has 3 amide bonds. The third-order valence-corrected chi connectivity index (χ3v) is 5.44. The van der Waals surface area contributed by atoms with Gasteiger partial charge >= 0.3 is 6.03 Å². The number of imide groups is 1. The van der Waals surface area contributed by atoms with Gasteiger partial charge in [-0.05, 0) is 49.3 Å². The van der Waals surface area contributed by atoms with Crippen LogP contribution in [0.5, 0.6) is 0 Å². The van der Waals surface area contributed by atoms with E-state index in [1.807, 2.05) is 18.2 Å². The topological polar surface area (TPSA) is 70.2 Å². The normalized spacial score (nSPS) is 23.5. The lowest BCUT2D eigenvalue weighted by atomic mass is 9.91. The van der Waals surface area contributed by atoms with E-state index in [1.165, 1.54) is 31.2 Å². The Kier molecular flexibility index (Phi) is 6.32. The molecule has 2 aliphatic rings. The molecule has 1 aromatic carbocycles. The summed E-state index contributed by atoms with van der Waals surface area (Å²) in [5, 5.41) is 9.68. The summed E-state index contributed by atoms with van der Waals surface area (Å²) in [7, 11) is 0. The van der Waals surface area contributed by atoms with Crippen LogP contribution in [0.25, 0.3) is 0 Å². The summed E-state index contributed by atoms with van der Waals surface area (Å²) in [6.45, 7) is 0.690. The quantitative estimate of drug-likeness (QED) is 0.749. The van der Waals surface area contributed by atoms with Crippen LogP contribution in [0.4, 0.5) is 4.79 Å². The lowest BCUT2D eigenvalue weighted by Gasteiger charge is -2.29. The molecule has 0 radical (unpaired) electrons. The van der Waals surface area contributed by atoms with Crippen LogP contribution in [-0.4, -0.2) is 24.5 Å². The van der Waals surface area contributed by atoms with Crippen molar-refractivity contribution in [2.24, 2.45) is 5.92 Å². The van der Waals surface area contributed by atoms with E-state index in [4.69, 9.17) is 11.6 Å². The van der Waals surface area contributed by atoms with Crippen LogP contribution in [0.15, 0.2) is 24.3 Å². The first-order valence-electron chi connectivity index (χ1n) is 9.21. The number of carbonyl (C=O) groups excluding carboxylic acids is 2. The maximum Gasteiger partial charge on any atom is 0.321 e. The van der Waals surface area contributed by atoms with Crippen LogP contribution in [0.2, 0.25) is 5.02 Å². The lowest BCUT2D eigenvalue weighted by molar-refractivity contribution is -0.120. The van der Waals surface area contributed by atoms with Gasteiger partial charge in [0.25, 0.3) is 0 Å². The van der Waals surface area contributed by atoms with Crippen molar-refractivity contribution in [1.29, 1.82) is 0 Å². The van der Waals surface area contributed by atoms with Crippen LogP contribution in [-0.2, 0) is 4.79 Å². The standard InChI is InChI=1S/C19H26ClN3O2/c20-15-8-3-7-14(11-15)18(13-5-1-2-6-13)21-12-16-9-4-10-17(24)23-19(25)22-16/h3,7-8,11,13,16,18,21H,1-2,4-6,9-10,12H2,(H2,22,23,24,25)/t16-,18?/m1/s1. The van der Waals surface area contributed by atoms with Crippen molar-refractivity contribution >= 4 is 23.5 Å². The van der Waals surface area contributed by atoms with Crippen LogP contribution >= 0.6 is 11.6 Å². The number of rotatable bonds is 5. The molecule has 0 spiro atoms. The highest BCUT2D eigenvalue weighted by Crippen LogP contribution is 2.36. The molecule has 3 rings (SSSR count). The second kappa shape index (κ2) is 8.68. The van der Waals surface area contributed by atoms with Gasteiger partial charge in [0.05, 0.1) is 0 Å². The molecule has 1 aliphatic heterocycles. The van der Waals surface area contributed by atoms with Crippen molar-refractivity contribution in [3.63, 3.8) is 0 Å². The van der Waals surface area contributed by atoms with E-state index in [0.717, 1.165) is 17.9 Å². The molecule has 1 unspecified atom stereocenters. The maximum absolute atomic E-state index is 11.8. The van der Waals surface area contributed by atoms with E-state index in [2.05, 4.69) is 22.0 Å². The number of halogens is 1. The number of urea groups is 1. The summed E-state index contributed by atoms with van der Waals surface area (Å²) in [5.41, 5.74) is 1.21. The highest BCUT2D eigenvalue weighted by molar-refractivity contribution is 6.30. The summed E-state index contributed by atoms with van der Waals surface area (Å²) < 4.78 is 0. The Bertz CT molecular complexity index is 616. The Morgan fingerprint density at radius 1 is 1.16 bits per heavy atom. The number of nitrogens with one attached hydrogen (secondary N) is 3. The van der Waals surface area contributed by atoms with Crippen molar-refractivity contribution in [3.8, 4) is 0 Å². The van der Waals surface area contributed by atoms with Gasteiger partial charge in [0.15, 0.2) is 0 Å². The molecule has 3 N–H and O–H groups in total. The van der Waals surface area contributed by atoms with E-state index < -0.39 is 6.03 Å². The zero-order chi connectivity index (χ0) is 17.6. The minimum Gasteiger partial charge on any atom is -0.334 e. The zero-order valence-electron chi connectivity index (χ0n) is 14.4. The number of hydrogen-bond acceptors (Lipinski definition) is 3. The van der Waals surface area contributed by atoms with Gasteiger partial charge in [-0.1, -0.05) is 36.6 Å². The van der Waals surface area contributed by atoms with E-state index in [-0.39, 0.29) is 18.0 Å². The molecular weight excluding hydrogens is 338 g/mol. The first-order chi connectivity index (χ1) is 12.1. The second-order valence-electron chi connectivity index (χ2n) is 7.10. The van der Waals surface area contributed by atoms with E-state index in [0.29, 0.717) is 18.9 Å². The molecule has 0 aromatic heterocycles. The lowest BCUT2D eigenvalue weighted by Crippen LogP contribution is -2.50. The van der Waals surface area contributed by atoms with Crippen LogP contribution in [0.3, 0.4) is 0 Å². The van der Waals surface area contributed by atoms with Gasteiger partial charge in [-0.2, -0.15) is 0 Å². The smallest absolute Gasteiger partial charge is 0.321 e. The first kappa shape index (κ1) is 18.2. The molecule has 6 heteroatoms. The fourth-order valence-electron chi connectivity index (χ4n) is 3.96. The number of carbonyl (C=O) groups is 2. The molecular formula is C19H26ClN3O2. The minimum atomic E-state index is -0.392. The van der Waals surface area contributed by atoms with E-state index in [9.17, 15) is 9.59 Å². The van der Waals surface area contributed by atoms with Gasteiger partial charge in [0, 0.05) is 30.1 Å². The van der Waals surface area contributed by atoms with Crippen molar-refractivity contribution < 1.29 is 9.59 Å². The summed E-state index contributed by atoms with van der Waals surface area (Å²) in [4.78, 5) is 23.2. The molecule has 1 aromatic rings. The molecule has 0 bridgehead atoms. The SMILES string of the molecule is O=C1CCC[C@H](CNC(c2cccc(Cl)c2)C2CCCC2)NC(=O)N1. The summed E-state index contributed by atoms with van der Waals surface area (Å²) >= 11 is 6.19. The summed E-state index contributed by atoms with van der Waals surface area (Å²) in [6, 6.07) is 7.93. The van der Waals surface area contributed by atoms with Crippen LogP contribution in [0, 0.1) is 5.92 Å². The van der Waals surface area contributed by atoms with Gasteiger partial charge in [-0.3, -0.25) is 10.1 Å². The fourth-order valence-corrected chi connectivity index (χ4v) is 4.16. The van der Waals surface area contributed by atoms with Crippen LogP contribution in [0.1, 0.15) is 56.6 Å². The zero-order valence-corrected chi connectivity index (χ0v) is 15.1. The Morgan fingerprint density at radius 2 is 1.96 bits per heavy atom. The van der Waals surface area contributed by atoms with E-state index in [1.54, 1.807) is 0 Å². The summed E-state index contributed by atoms with van der Waals surface area (Å²) in [5.74, 6) is 0.397. The molecule has 2 atom stereocenters. The predicted octanol–water partition coefficient (Wildman–Crippen LogP) is 3.54. The van der Waals surface area contributed by atoms with Crippen molar-refractivity contribution in [2.75, 3.05) is 6.54 Å². The molecule has 1 saturated heterocycles. The predicted molar refractivity (Wildman–Crippen MR) is 98.5 cm³/mol. The third-order valence-electron chi connectivity index (χ3n) is 5.21. The second-order valence-corrected chi connectivity index (χ2v) is 7.53.